The zero-order valence-electron chi connectivity index (χ0n) is 10.2. The molecule has 0 atom stereocenters. The maximum absolute atomic E-state index is 11.2. The van der Waals surface area contributed by atoms with Crippen molar-refractivity contribution in [3.8, 4) is 0 Å². The minimum Gasteiger partial charge on any atom is -0.478 e. The lowest BCUT2D eigenvalue weighted by Crippen LogP contribution is -2.09. The predicted molar refractivity (Wildman–Crippen MR) is 72.4 cm³/mol. The van der Waals surface area contributed by atoms with Gasteiger partial charge in [-0.15, -0.1) is 0 Å². The van der Waals surface area contributed by atoms with E-state index in [1.54, 1.807) is 24.3 Å². The molecule has 0 saturated heterocycles. The van der Waals surface area contributed by atoms with E-state index in [2.05, 4.69) is 4.98 Å². The highest BCUT2D eigenvalue weighted by Gasteiger charge is 2.16. The Morgan fingerprint density at radius 3 is 2.45 bits per heavy atom. The topological polar surface area (TPSA) is 87.5 Å². The number of hydrogen-bond acceptors (Lipinski definition) is 3. The smallest absolute Gasteiger partial charge is 0.337 e. The molecule has 102 valence electrons. The molecule has 0 aliphatic rings. The summed E-state index contributed by atoms with van der Waals surface area (Å²) in [6.45, 7) is 0. The van der Waals surface area contributed by atoms with Gasteiger partial charge in [0, 0.05) is 17.6 Å². The summed E-state index contributed by atoms with van der Waals surface area (Å²) >= 11 is 6.02. The van der Waals surface area contributed by atoms with Crippen LogP contribution < -0.4 is 0 Å². The molecule has 0 saturated carbocycles. The monoisotopic (exact) mass is 291 g/mol. The van der Waals surface area contributed by atoms with Gasteiger partial charge < -0.3 is 10.2 Å². The molecule has 1 heterocycles. The van der Waals surface area contributed by atoms with Gasteiger partial charge in [-0.3, -0.25) is 4.98 Å². The molecule has 0 aliphatic heterocycles. The average Bonchev–Trinajstić information content (AvgIpc) is 2.41. The summed E-state index contributed by atoms with van der Waals surface area (Å²) in [6.07, 6.45) is 1.36. The summed E-state index contributed by atoms with van der Waals surface area (Å²) in [7, 11) is 0. The van der Waals surface area contributed by atoms with Crippen LogP contribution in [0.25, 0.3) is 0 Å². The van der Waals surface area contributed by atoms with E-state index in [0.29, 0.717) is 5.02 Å². The number of carboxylic acids is 2. The van der Waals surface area contributed by atoms with Gasteiger partial charge in [-0.1, -0.05) is 29.8 Å². The van der Waals surface area contributed by atoms with Crippen molar-refractivity contribution in [2.45, 2.75) is 6.42 Å². The van der Waals surface area contributed by atoms with Crippen LogP contribution in [-0.4, -0.2) is 27.1 Å². The molecule has 0 fully saturated rings. The number of benzene rings is 1. The van der Waals surface area contributed by atoms with E-state index in [1.807, 2.05) is 0 Å². The Morgan fingerprint density at radius 1 is 1.15 bits per heavy atom. The van der Waals surface area contributed by atoms with E-state index in [9.17, 15) is 9.59 Å². The molecule has 2 aromatic rings. The number of pyridine rings is 1. The van der Waals surface area contributed by atoms with Gasteiger partial charge in [-0.05, 0) is 17.7 Å². The van der Waals surface area contributed by atoms with Crippen molar-refractivity contribution in [3.63, 3.8) is 0 Å². The van der Waals surface area contributed by atoms with Gasteiger partial charge in [-0.25, -0.2) is 9.59 Å². The van der Waals surface area contributed by atoms with E-state index < -0.39 is 11.9 Å². The Hall–Kier alpha value is -2.40. The fraction of sp³-hybridized carbons (Fsp3) is 0.0714. The Balaban J connectivity index is 2.44. The van der Waals surface area contributed by atoms with Gasteiger partial charge in [-0.2, -0.15) is 0 Å². The second-order valence-corrected chi connectivity index (χ2v) is 4.50. The summed E-state index contributed by atoms with van der Waals surface area (Å²) in [5.74, 6) is -2.44. The highest BCUT2D eigenvalue weighted by molar-refractivity contribution is 6.31. The molecule has 5 nitrogen and oxygen atoms in total. The Labute approximate surface area is 119 Å². The van der Waals surface area contributed by atoms with Crippen molar-refractivity contribution < 1.29 is 19.8 Å². The number of nitrogens with zero attached hydrogens (tertiary/aromatic N) is 1. The molecule has 6 heteroatoms. The molecule has 1 aromatic heterocycles. The molecule has 2 N–H and O–H groups in total. The normalized spacial score (nSPS) is 10.2. The largest absolute Gasteiger partial charge is 0.478 e. The lowest BCUT2D eigenvalue weighted by molar-refractivity contribution is 0.0695. The van der Waals surface area contributed by atoms with Gasteiger partial charge in [0.15, 0.2) is 0 Å². The van der Waals surface area contributed by atoms with Crippen LogP contribution in [-0.2, 0) is 6.42 Å². The van der Waals surface area contributed by atoms with E-state index in [-0.39, 0.29) is 23.2 Å². The van der Waals surface area contributed by atoms with E-state index in [0.717, 1.165) is 17.8 Å². The van der Waals surface area contributed by atoms with Crippen LogP contribution in [0.5, 0.6) is 0 Å². The van der Waals surface area contributed by atoms with Gasteiger partial charge in [0.25, 0.3) is 0 Å². The van der Waals surface area contributed by atoms with Crippen LogP contribution in [0.3, 0.4) is 0 Å². The molecule has 0 spiro atoms. The van der Waals surface area contributed by atoms with Gasteiger partial charge >= 0.3 is 11.9 Å². The van der Waals surface area contributed by atoms with Crippen LogP contribution in [0, 0.1) is 0 Å². The van der Waals surface area contributed by atoms with Crippen molar-refractivity contribution in [1.29, 1.82) is 0 Å². The van der Waals surface area contributed by atoms with Crippen molar-refractivity contribution in [2.24, 2.45) is 0 Å². The number of rotatable bonds is 4. The van der Waals surface area contributed by atoms with E-state index in [4.69, 9.17) is 21.8 Å². The maximum Gasteiger partial charge on any atom is 0.337 e. The number of aromatic carboxylic acids is 2. The van der Waals surface area contributed by atoms with Gasteiger partial charge in [0.2, 0.25) is 0 Å². The average molecular weight is 292 g/mol. The Morgan fingerprint density at radius 2 is 1.85 bits per heavy atom. The van der Waals surface area contributed by atoms with E-state index >= 15 is 0 Å². The lowest BCUT2D eigenvalue weighted by atomic mass is 10.0. The molecule has 1 aromatic carbocycles. The predicted octanol–water partition coefficient (Wildman–Crippen LogP) is 2.72. The Kier molecular flexibility index (Phi) is 4.00. The molecule has 0 unspecified atom stereocenters. The summed E-state index contributed by atoms with van der Waals surface area (Å²) in [4.78, 5) is 26.0. The van der Waals surface area contributed by atoms with Crippen LogP contribution in [0.1, 0.15) is 32.0 Å². The zero-order valence-corrected chi connectivity index (χ0v) is 11.0. The SMILES string of the molecule is O=C(O)c1cnc(Cc2ccccc2Cl)c(C(=O)O)c1. The first-order chi connectivity index (χ1) is 9.49. The number of carbonyl (C=O) groups is 2. The fourth-order valence-electron chi connectivity index (χ4n) is 1.76. The number of hydrogen-bond donors (Lipinski definition) is 2. The van der Waals surface area contributed by atoms with Crippen LogP contribution >= 0.6 is 11.6 Å². The Bertz CT molecular complexity index is 685. The third-order valence-corrected chi connectivity index (χ3v) is 3.13. The third-order valence-electron chi connectivity index (χ3n) is 2.76. The third kappa shape index (κ3) is 2.95. The van der Waals surface area contributed by atoms with Gasteiger partial charge in [0.05, 0.1) is 16.8 Å². The first-order valence-corrected chi connectivity index (χ1v) is 6.05. The van der Waals surface area contributed by atoms with Crippen molar-refractivity contribution in [2.75, 3.05) is 0 Å². The van der Waals surface area contributed by atoms with Crippen molar-refractivity contribution in [3.05, 3.63) is 63.9 Å². The van der Waals surface area contributed by atoms with Crippen molar-refractivity contribution >= 4 is 23.5 Å². The first-order valence-electron chi connectivity index (χ1n) is 5.68. The number of carboxylic acid groups (broad SMARTS) is 2. The summed E-state index contributed by atoms with van der Waals surface area (Å²) in [5, 5.41) is 18.5. The minimum absolute atomic E-state index is 0.134. The molecule has 2 rings (SSSR count). The highest BCUT2D eigenvalue weighted by atomic mass is 35.5. The molecule has 0 radical (unpaired) electrons. The lowest BCUT2D eigenvalue weighted by Gasteiger charge is -2.07. The second-order valence-electron chi connectivity index (χ2n) is 4.10. The molecule has 0 bridgehead atoms. The fourth-order valence-corrected chi connectivity index (χ4v) is 1.96. The zero-order chi connectivity index (χ0) is 14.7. The minimum atomic E-state index is -1.22. The summed E-state index contributed by atoms with van der Waals surface area (Å²) < 4.78 is 0. The molecule has 20 heavy (non-hydrogen) atoms. The van der Waals surface area contributed by atoms with Crippen LogP contribution in [0.4, 0.5) is 0 Å². The molecule has 0 aliphatic carbocycles. The van der Waals surface area contributed by atoms with Crippen molar-refractivity contribution in [1.82, 2.24) is 4.98 Å². The molecular formula is C14H10ClNO4. The van der Waals surface area contributed by atoms with Crippen LogP contribution in [0.15, 0.2) is 36.5 Å². The van der Waals surface area contributed by atoms with Gasteiger partial charge in [0.1, 0.15) is 0 Å². The standard InChI is InChI=1S/C14H10ClNO4/c15-11-4-2-1-3-8(11)6-12-10(14(19)20)5-9(7-16-12)13(17)18/h1-5,7H,6H2,(H,17,18)(H,19,20). The van der Waals surface area contributed by atoms with E-state index in [1.165, 1.54) is 0 Å². The molecule has 0 amide bonds. The quantitative estimate of drug-likeness (QED) is 0.904. The summed E-state index contributed by atoms with van der Waals surface area (Å²) in [5.41, 5.74) is 0.706. The number of aromatic nitrogens is 1. The molecular weight excluding hydrogens is 282 g/mol. The summed E-state index contributed by atoms with van der Waals surface area (Å²) in [6, 6.07) is 8.12. The first kappa shape index (κ1) is 14.0. The highest BCUT2D eigenvalue weighted by Crippen LogP contribution is 2.20. The maximum atomic E-state index is 11.2. The second kappa shape index (κ2) is 5.71. The number of halogens is 1. The van der Waals surface area contributed by atoms with Crippen LogP contribution in [0.2, 0.25) is 5.02 Å².